The molecule has 0 N–H and O–H groups in total. The Morgan fingerprint density at radius 1 is 0.952 bits per heavy atom. The van der Waals surface area contributed by atoms with Crippen molar-refractivity contribution in [2.75, 3.05) is 0 Å². The van der Waals surface area contributed by atoms with Gasteiger partial charge in [0, 0.05) is 17.2 Å². The summed E-state index contributed by atoms with van der Waals surface area (Å²) in [7, 11) is 0. The number of hydrogen-bond donors (Lipinski definition) is 0. The van der Waals surface area contributed by atoms with E-state index in [0.29, 0.717) is 0 Å². The van der Waals surface area contributed by atoms with Crippen LogP contribution < -0.4 is 0 Å². The summed E-state index contributed by atoms with van der Waals surface area (Å²) in [6.07, 6.45) is 9.08. The van der Waals surface area contributed by atoms with Gasteiger partial charge in [-0.25, -0.2) is 0 Å². The molecule has 1 aliphatic rings. The molecule has 0 saturated heterocycles. The van der Waals surface area contributed by atoms with Gasteiger partial charge >= 0.3 is 0 Å². The summed E-state index contributed by atoms with van der Waals surface area (Å²) >= 11 is 0. The fourth-order valence-corrected chi connectivity index (χ4v) is 1.77. The molecular weight excluding hydrogens is 254 g/mol. The first-order chi connectivity index (χ1) is 9.91. The van der Waals surface area contributed by atoms with Crippen molar-refractivity contribution in [3.63, 3.8) is 0 Å². The molecule has 2 rings (SSSR count). The molecule has 0 amide bonds. The van der Waals surface area contributed by atoms with Gasteiger partial charge < -0.3 is 0 Å². The number of aryl methyl sites for hydroxylation is 2. The number of aliphatic imine (C=N–C) groups is 1. The third-order valence-corrected chi connectivity index (χ3v) is 3.34. The Hall–Kier alpha value is -1.37. The van der Waals surface area contributed by atoms with Crippen LogP contribution in [0.4, 0.5) is 5.69 Å². The molecule has 0 fully saturated rings. The summed E-state index contributed by atoms with van der Waals surface area (Å²) in [5.74, 6) is 0. The minimum atomic E-state index is 0.0535. The first-order valence-corrected chi connectivity index (χ1v) is 8.26. The van der Waals surface area contributed by atoms with E-state index in [1.807, 2.05) is 20.1 Å². The molecule has 0 spiro atoms. The molecule has 1 heterocycles. The Kier molecular flexibility index (Phi) is 8.92. The topological polar surface area (TPSA) is 12.4 Å². The molecule has 0 aromatic heterocycles. The molecule has 1 heteroatoms. The van der Waals surface area contributed by atoms with Crippen molar-refractivity contribution >= 4 is 18.0 Å². The number of benzene rings is 1. The second-order valence-electron chi connectivity index (χ2n) is 5.87. The summed E-state index contributed by atoms with van der Waals surface area (Å²) in [4.78, 5) is 4.61. The van der Waals surface area contributed by atoms with Crippen molar-refractivity contribution in [3.05, 3.63) is 34.9 Å². The van der Waals surface area contributed by atoms with Crippen molar-refractivity contribution in [3.8, 4) is 0 Å². The highest BCUT2D eigenvalue weighted by atomic mass is 14.7. The fraction of sp³-hybridized carbons (Fsp3) is 0.550. The molecule has 21 heavy (non-hydrogen) atoms. The maximum atomic E-state index is 4.61. The SMILES string of the molecule is CC.CCCC.Cc1ccc(C)c2c1C=CC(C)(C)C=N2. The van der Waals surface area contributed by atoms with Crippen LogP contribution in [0.15, 0.2) is 23.2 Å². The number of nitrogens with zero attached hydrogens (tertiary/aromatic N) is 1. The molecule has 1 nitrogen and oxygen atoms in total. The smallest absolute Gasteiger partial charge is 0.0730 e. The number of rotatable bonds is 1. The number of hydrogen-bond acceptors (Lipinski definition) is 1. The van der Waals surface area contributed by atoms with Crippen LogP contribution in [-0.2, 0) is 0 Å². The molecule has 0 unspecified atom stereocenters. The highest BCUT2D eigenvalue weighted by Crippen LogP contribution is 2.32. The second-order valence-corrected chi connectivity index (χ2v) is 5.87. The van der Waals surface area contributed by atoms with Gasteiger partial charge in [-0.05, 0) is 25.0 Å². The summed E-state index contributed by atoms with van der Waals surface area (Å²) in [5, 5.41) is 0. The van der Waals surface area contributed by atoms with E-state index < -0.39 is 0 Å². The van der Waals surface area contributed by atoms with Crippen LogP contribution in [0.5, 0.6) is 0 Å². The zero-order valence-corrected chi connectivity index (χ0v) is 15.2. The first kappa shape index (κ1) is 19.6. The largest absolute Gasteiger partial charge is 0.259 e. The van der Waals surface area contributed by atoms with Crippen LogP contribution in [0.1, 0.15) is 71.1 Å². The Morgan fingerprint density at radius 3 is 2.00 bits per heavy atom. The quantitative estimate of drug-likeness (QED) is 0.533. The molecule has 0 atom stereocenters. The van der Waals surface area contributed by atoms with Crippen LogP contribution in [0.3, 0.4) is 0 Å². The average Bonchev–Trinajstić information content (AvgIpc) is 2.65. The lowest BCUT2D eigenvalue weighted by Gasteiger charge is -2.10. The molecule has 0 radical (unpaired) electrons. The Labute approximate surface area is 132 Å². The van der Waals surface area contributed by atoms with Crippen LogP contribution in [-0.4, -0.2) is 6.21 Å². The summed E-state index contributed by atoms with van der Waals surface area (Å²) in [6, 6.07) is 4.30. The number of allylic oxidation sites excluding steroid dienone is 1. The van der Waals surface area contributed by atoms with Gasteiger partial charge in [-0.1, -0.05) is 78.7 Å². The summed E-state index contributed by atoms with van der Waals surface area (Å²) in [6.45, 7) is 16.9. The van der Waals surface area contributed by atoms with E-state index >= 15 is 0 Å². The van der Waals surface area contributed by atoms with E-state index in [1.165, 1.54) is 29.5 Å². The highest BCUT2D eigenvalue weighted by Gasteiger charge is 2.15. The molecule has 0 bridgehead atoms. The normalized spacial score (nSPS) is 14.1. The maximum absolute atomic E-state index is 4.61. The zero-order valence-electron chi connectivity index (χ0n) is 15.2. The van der Waals surface area contributed by atoms with E-state index in [9.17, 15) is 0 Å². The third-order valence-electron chi connectivity index (χ3n) is 3.34. The van der Waals surface area contributed by atoms with Gasteiger partial charge in [0.25, 0.3) is 0 Å². The lowest BCUT2D eigenvalue weighted by molar-refractivity contribution is 0.699. The molecule has 1 aromatic rings. The van der Waals surface area contributed by atoms with Crippen LogP contribution in [0, 0.1) is 19.3 Å². The van der Waals surface area contributed by atoms with Crippen molar-refractivity contribution in [2.24, 2.45) is 10.4 Å². The minimum Gasteiger partial charge on any atom is -0.259 e. The van der Waals surface area contributed by atoms with E-state index in [1.54, 1.807) is 0 Å². The van der Waals surface area contributed by atoms with Crippen LogP contribution in [0.2, 0.25) is 0 Å². The van der Waals surface area contributed by atoms with Gasteiger partial charge in [-0.15, -0.1) is 0 Å². The monoisotopic (exact) mass is 287 g/mol. The average molecular weight is 287 g/mol. The molecule has 1 aliphatic heterocycles. The van der Waals surface area contributed by atoms with E-state index in [0.717, 1.165) is 5.69 Å². The number of unbranched alkanes of at least 4 members (excludes halogenated alkanes) is 1. The van der Waals surface area contributed by atoms with E-state index in [4.69, 9.17) is 0 Å². The van der Waals surface area contributed by atoms with Gasteiger partial charge in [0.1, 0.15) is 0 Å². The molecule has 118 valence electrons. The standard InChI is InChI=1S/C14H17N.C4H10.C2H6/c1-10-5-6-11(2)13-12(10)7-8-14(3,4)9-15-13;1-3-4-2;1-2/h5-9H,1-4H3;3-4H2,1-2H3;1-2H3. The minimum absolute atomic E-state index is 0.0535. The lowest BCUT2D eigenvalue weighted by atomic mass is 9.94. The van der Waals surface area contributed by atoms with Gasteiger partial charge in [0.15, 0.2) is 0 Å². The van der Waals surface area contributed by atoms with Crippen molar-refractivity contribution in [1.29, 1.82) is 0 Å². The van der Waals surface area contributed by atoms with Crippen molar-refractivity contribution < 1.29 is 0 Å². The lowest BCUT2D eigenvalue weighted by Crippen LogP contribution is -2.07. The predicted octanol–water partition coefficient (Wildman–Crippen LogP) is 6.89. The highest BCUT2D eigenvalue weighted by molar-refractivity contribution is 5.82. The van der Waals surface area contributed by atoms with Crippen LogP contribution in [0.25, 0.3) is 6.08 Å². The van der Waals surface area contributed by atoms with E-state index in [2.05, 4.69) is 70.8 Å². The van der Waals surface area contributed by atoms with Crippen molar-refractivity contribution in [1.82, 2.24) is 0 Å². The fourth-order valence-electron chi connectivity index (χ4n) is 1.77. The molecule has 1 aromatic carbocycles. The van der Waals surface area contributed by atoms with Crippen LogP contribution >= 0.6 is 0 Å². The molecular formula is C20H33N. The number of fused-ring (bicyclic) bond motifs is 1. The van der Waals surface area contributed by atoms with Gasteiger partial charge in [0.2, 0.25) is 0 Å². The Morgan fingerprint density at radius 2 is 1.48 bits per heavy atom. The molecule has 0 aliphatic carbocycles. The second kappa shape index (κ2) is 9.55. The summed E-state index contributed by atoms with van der Waals surface area (Å²) in [5.41, 5.74) is 4.97. The van der Waals surface area contributed by atoms with E-state index in [-0.39, 0.29) is 5.41 Å². The summed E-state index contributed by atoms with van der Waals surface area (Å²) < 4.78 is 0. The Balaban J connectivity index is 0.000000579. The van der Waals surface area contributed by atoms with Gasteiger partial charge in [0.05, 0.1) is 5.69 Å². The van der Waals surface area contributed by atoms with Gasteiger partial charge in [-0.3, -0.25) is 4.99 Å². The maximum Gasteiger partial charge on any atom is 0.0730 e. The predicted molar refractivity (Wildman–Crippen MR) is 98.8 cm³/mol. The Bertz CT molecular complexity index is 436. The molecule has 0 saturated carbocycles. The third kappa shape index (κ3) is 6.29. The first-order valence-electron chi connectivity index (χ1n) is 8.26. The zero-order chi connectivity index (χ0) is 16.5. The van der Waals surface area contributed by atoms with Gasteiger partial charge in [-0.2, -0.15) is 0 Å². The van der Waals surface area contributed by atoms with Crippen molar-refractivity contribution in [2.45, 2.75) is 68.2 Å².